The molecule has 8 nitrogen and oxygen atoms in total. The first kappa shape index (κ1) is 23.7. The van der Waals surface area contributed by atoms with Crippen molar-refractivity contribution in [3.8, 4) is 0 Å². The van der Waals surface area contributed by atoms with Crippen molar-refractivity contribution in [2.24, 2.45) is 5.92 Å². The predicted octanol–water partition coefficient (Wildman–Crippen LogP) is 2.55. The molecule has 5 rings (SSSR count). The van der Waals surface area contributed by atoms with Gasteiger partial charge in [-0.15, -0.1) is 0 Å². The summed E-state index contributed by atoms with van der Waals surface area (Å²) in [5, 5.41) is 7.39. The lowest BCUT2D eigenvalue weighted by atomic mass is 9.82. The monoisotopic (exact) mass is 504 g/mol. The van der Waals surface area contributed by atoms with Crippen molar-refractivity contribution in [2.45, 2.75) is 42.5 Å². The average molecular weight is 505 g/mol. The minimum atomic E-state index is -3.76. The third kappa shape index (κ3) is 4.62. The van der Waals surface area contributed by atoms with Crippen LogP contribution in [0.3, 0.4) is 0 Å². The fourth-order valence-corrected chi connectivity index (χ4v) is 7.49. The smallest absolute Gasteiger partial charge is 0.321 e. The lowest BCUT2D eigenvalue weighted by Gasteiger charge is -2.39. The number of nitrogens with zero attached hydrogens (tertiary/aromatic N) is 1. The van der Waals surface area contributed by atoms with E-state index >= 15 is 0 Å². The summed E-state index contributed by atoms with van der Waals surface area (Å²) < 4.78 is 56.0. The first-order valence-electron chi connectivity index (χ1n) is 11.6. The molecule has 1 saturated carbocycles. The molecule has 2 saturated heterocycles. The lowest BCUT2D eigenvalue weighted by Crippen LogP contribution is -2.61. The van der Waals surface area contributed by atoms with Crippen LogP contribution in [-0.2, 0) is 14.8 Å². The average Bonchev–Trinajstić information content (AvgIpc) is 3.26. The van der Waals surface area contributed by atoms with Crippen LogP contribution < -0.4 is 16.0 Å². The van der Waals surface area contributed by atoms with E-state index in [2.05, 4.69) is 16.0 Å². The number of carbonyl (C=O) groups is 2. The highest BCUT2D eigenvalue weighted by Crippen LogP contribution is 2.37. The maximum absolute atomic E-state index is 13.8. The topological polar surface area (TPSA) is 108 Å². The van der Waals surface area contributed by atoms with Crippen LogP contribution in [0.1, 0.15) is 30.7 Å². The first-order chi connectivity index (χ1) is 16.7. The zero-order valence-electron chi connectivity index (χ0n) is 18.8. The van der Waals surface area contributed by atoms with E-state index in [4.69, 9.17) is 0 Å². The normalized spacial score (nSPS) is 29.3. The van der Waals surface area contributed by atoms with Crippen LogP contribution in [0.15, 0.2) is 48.5 Å². The molecule has 2 aromatic carbocycles. The molecular formula is C24H26F2N4O4S. The Hall–Kier alpha value is -3.05. The van der Waals surface area contributed by atoms with Crippen LogP contribution in [0.2, 0.25) is 0 Å². The summed E-state index contributed by atoms with van der Waals surface area (Å²) in [6, 6.07) is 11.7. The van der Waals surface area contributed by atoms with Gasteiger partial charge < -0.3 is 10.6 Å². The van der Waals surface area contributed by atoms with Crippen LogP contribution >= 0.6 is 0 Å². The molecule has 35 heavy (non-hydrogen) atoms. The maximum Gasteiger partial charge on any atom is 0.321 e. The van der Waals surface area contributed by atoms with E-state index in [0.717, 1.165) is 17.7 Å². The summed E-state index contributed by atoms with van der Waals surface area (Å²) in [5.74, 6) is -3.19. The zero-order valence-corrected chi connectivity index (χ0v) is 19.6. The predicted molar refractivity (Wildman–Crippen MR) is 125 cm³/mol. The van der Waals surface area contributed by atoms with Gasteiger partial charge in [-0.1, -0.05) is 30.3 Å². The molecule has 186 valence electrons. The minimum absolute atomic E-state index is 0.132. The lowest BCUT2D eigenvalue weighted by molar-refractivity contribution is -0.126. The van der Waals surface area contributed by atoms with E-state index in [0.29, 0.717) is 18.5 Å². The van der Waals surface area contributed by atoms with E-state index < -0.39 is 44.8 Å². The Morgan fingerprint density at radius 2 is 1.71 bits per heavy atom. The second-order valence-corrected chi connectivity index (χ2v) is 11.6. The summed E-state index contributed by atoms with van der Waals surface area (Å²) >= 11 is 0. The summed E-state index contributed by atoms with van der Waals surface area (Å²) in [4.78, 5) is 23.9. The molecular weight excluding hydrogens is 478 g/mol. The Bertz CT molecular complexity index is 1240. The van der Waals surface area contributed by atoms with E-state index in [1.807, 2.05) is 30.3 Å². The second kappa shape index (κ2) is 9.19. The molecule has 0 radical (unpaired) electrons. The van der Waals surface area contributed by atoms with Gasteiger partial charge in [0.1, 0.15) is 0 Å². The molecule has 0 aromatic heterocycles. The van der Waals surface area contributed by atoms with E-state index in [9.17, 15) is 26.8 Å². The zero-order chi connectivity index (χ0) is 24.7. The molecule has 1 aliphatic carbocycles. The van der Waals surface area contributed by atoms with E-state index in [1.165, 1.54) is 10.4 Å². The quantitative estimate of drug-likeness (QED) is 0.580. The number of sulfonamides is 1. The van der Waals surface area contributed by atoms with Crippen molar-refractivity contribution in [1.82, 2.24) is 14.9 Å². The van der Waals surface area contributed by atoms with Crippen molar-refractivity contribution in [3.63, 3.8) is 0 Å². The van der Waals surface area contributed by atoms with Gasteiger partial charge in [-0.25, -0.2) is 22.0 Å². The Morgan fingerprint density at radius 1 is 0.943 bits per heavy atom. The number of anilines is 1. The number of rotatable bonds is 5. The van der Waals surface area contributed by atoms with Crippen molar-refractivity contribution in [3.05, 3.63) is 65.7 Å². The highest BCUT2D eigenvalue weighted by molar-refractivity contribution is 7.89. The SMILES string of the molecule is O=C1NC(=O)C2CC(S(=O)(=O)N3CC(Nc4ccc(F)c(F)c4)C(c4ccccc4)C3)CCC2N1. The van der Waals surface area contributed by atoms with Crippen LogP contribution in [0, 0.1) is 17.6 Å². The van der Waals surface area contributed by atoms with Gasteiger partial charge in [0.15, 0.2) is 11.6 Å². The van der Waals surface area contributed by atoms with Gasteiger partial charge in [0.05, 0.1) is 11.2 Å². The van der Waals surface area contributed by atoms with Crippen molar-refractivity contribution in [2.75, 3.05) is 18.4 Å². The van der Waals surface area contributed by atoms with Crippen molar-refractivity contribution >= 4 is 27.6 Å². The van der Waals surface area contributed by atoms with Gasteiger partial charge in [0, 0.05) is 42.8 Å². The number of benzene rings is 2. The Kier molecular flexibility index (Phi) is 6.22. The number of hydrogen-bond donors (Lipinski definition) is 3. The molecule has 0 bridgehead atoms. The molecule has 2 aliphatic heterocycles. The van der Waals surface area contributed by atoms with Crippen LogP contribution in [0.4, 0.5) is 19.3 Å². The van der Waals surface area contributed by atoms with Crippen LogP contribution in [0.25, 0.3) is 0 Å². The van der Waals surface area contributed by atoms with Gasteiger partial charge in [0.25, 0.3) is 0 Å². The summed E-state index contributed by atoms with van der Waals surface area (Å²) in [7, 11) is -3.76. The Balaban J connectivity index is 1.38. The third-order valence-corrected chi connectivity index (χ3v) is 9.55. The molecule has 2 heterocycles. The number of imide groups is 1. The van der Waals surface area contributed by atoms with E-state index in [-0.39, 0.29) is 37.5 Å². The van der Waals surface area contributed by atoms with Gasteiger partial charge in [-0.2, -0.15) is 4.31 Å². The number of halogens is 2. The molecule has 5 atom stereocenters. The minimum Gasteiger partial charge on any atom is -0.380 e. The number of carbonyl (C=O) groups excluding carboxylic acids is 2. The van der Waals surface area contributed by atoms with Crippen molar-refractivity contribution in [1.29, 1.82) is 0 Å². The van der Waals surface area contributed by atoms with Gasteiger partial charge in [0.2, 0.25) is 15.9 Å². The first-order valence-corrected chi connectivity index (χ1v) is 13.1. The Morgan fingerprint density at radius 3 is 2.46 bits per heavy atom. The molecule has 3 fully saturated rings. The van der Waals surface area contributed by atoms with Gasteiger partial charge in [-0.3, -0.25) is 10.1 Å². The molecule has 3 aliphatic rings. The number of amides is 3. The summed E-state index contributed by atoms with van der Waals surface area (Å²) in [6.07, 6.45) is 0.873. The van der Waals surface area contributed by atoms with Crippen molar-refractivity contribution < 1.29 is 26.8 Å². The standard InChI is InChI=1S/C24H26F2N4O4S/c25-19-8-6-15(10-20(19)26)27-22-13-30(12-18(22)14-4-2-1-3-5-14)35(33,34)16-7-9-21-17(11-16)23(31)29-24(32)28-21/h1-6,8,10,16-18,21-22,27H,7,9,11-13H2,(H2,28,29,31,32). The molecule has 0 spiro atoms. The fraction of sp³-hybridized carbons (Fsp3) is 0.417. The highest BCUT2D eigenvalue weighted by Gasteiger charge is 2.48. The number of fused-ring (bicyclic) bond motifs is 1. The van der Waals surface area contributed by atoms with Gasteiger partial charge >= 0.3 is 6.03 Å². The molecule has 5 unspecified atom stereocenters. The van der Waals surface area contributed by atoms with Gasteiger partial charge in [-0.05, 0) is 37.0 Å². The van der Waals surface area contributed by atoms with Crippen LogP contribution in [0.5, 0.6) is 0 Å². The largest absolute Gasteiger partial charge is 0.380 e. The maximum atomic E-state index is 13.8. The number of urea groups is 1. The number of nitrogens with one attached hydrogen (secondary N) is 3. The van der Waals surface area contributed by atoms with Crippen LogP contribution in [-0.4, -0.2) is 55.1 Å². The Labute approximate surface area is 202 Å². The van der Waals surface area contributed by atoms with E-state index in [1.54, 1.807) is 0 Å². The molecule has 3 N–H and O–H groups in total. The summed E-state index contributed by atoms with van der Waals surface area (Å²) in [5.41, 5.74) is 1.30. The number of hydrogen-bond acceptors (Lipinski definition) is 5. The molecule has 11 heteroatoms. The molecule has 2 aromatic rings. The third-order valence-electron chi connectivity index (χ3n) is 7.26. The molecule has 3 amide bonds. The second-order valence-electron chi connectivity index (χ2n) is 9.37. The fourth-order valence-electron chi connectivity index (χ4n) is 5.44. The highest BCUT2D eigenvalue weighted by atomic mass is 32.2. The summed E-state index contributed by atoms with van der Waals surface area (Å²) in [6.45, 7) is 0.371.